The van der Waals surface area contributed by atoms with Crippen molar-refractivity contribution in [3.63, 3.8) is 0 Å². The zero-order chi connectivity index (χ0) is 19.6. The number of hydrogen-bond acceptors (Lipinski definition) is 4. The summed E-state index contributed by atoms with van der Waals surface area (Å²) in [5.74, 6) is 1.06. The van der Waals surface area contributed by atoms with Gasteiger partial charge in [-0.1, -0.05) is 19.1 Å². The van der Waals surface area contributed by atoms with Crippen molar-refractivity contribution in [3.05, 3.63) is 51.4 Å². The number of aromatic nitrogens is 2. The lowest BCUT2D eigenvalue weighted by Crippen LogP contribution is -2.39. The molecular formula is C21H28N4O2. The molecule has 0 aliphatic carbocycles. The van der Waals surface area contributed by atoms with Gasteiger partial charge in [0.2, 0.25) is 11.9 Å². The normalized spacial score (nSPS) is 15.0. The third kappa shape index (κ3) is 4.56. The van der Waals surface area contributed by atoms with Crippen LogP contribution in [0.4, 0.5) is 11.6 Å². The van der Waals surface area contributed by atoms with E-state index in [0.717, 1.165) is 42.7 Å². The van der Waals surface area contributed by atoms with Crippen molar-refractivity contribution in [2.45, 2.75) is 47.1 Å². The molecule has 1 aliphatic heterocycles. The second-order valence-electron chi connectivity index (χ2n) is 7.66. The number of hydrogen-bond donors (Lipinski definition) is 1. The first-order valence-electron chi connectivity index (χ1n) is 9.54. The van der Waals surface area contributed by atoms with E-state index >= 15 is 0 Å². The number of aryl methyl sites for hydroxylation is 3. The molecule has 1 aliphatic rings. The second kappa shape index (κ2) is 7.94. The highest BCUT2D eigenvalue weighted by Crippen LogP contribution is 2.21. The van der Waals surface area contributed by atoms with E-state index in [1.165, 1.54) is 10.6 Å². The summed E-state index contributed by atoms with van der Waals surface area (Å²) in [7, 11) is 0. The highest BCUT2D eigenvalue weighted by Gasteiger charge is 2.21. The highest BCUT2D eigenvalue weighted by molar-refractivity contribution is 5.91. The molecule has 144 valence electrons. The lowest BCUT2D eigenvalue weighted by molar-refractivity contribution is -0.116. The van der Waals surface area contributed by atoms with Crippen molar-refractivity contribution in [1.82, 2.24) is 9.55 Å². The lowest BCUT2D eigenvalue weighted by atomic mass is 10.00. The van der Waals surface area contributed by atoms with E-state index in [4.69, 9.17) is 0 Å². The number of carbonyl (C=O) groups is 1. The fourth-order valence-electron chi connectivity index (χ4n) is 3.41. The summed E-state index contributed by atoms with van der Waals surface area (Å²) in [6.45, 7) is 9.67. The van der Waals surface area contributed by atoms with Crippen LogP contribution in [0.25, 0.3) is 0 Å². The number of anilines is 2. The van der Waals surface area contributed by atoms with Crippen molar-refractivity contribution in [3.8, 4) is 0 Å². The van der Waals surface area contributed by atoms with Crippen LogP contribution in [0.3, 0.4) is 0 Å². The molecule has 2 heterocycles. The van der Waals surface area contributed by atoms with Gasteiger partial charge in [0.05, 0.1) is 0 Å². The number of nitrogens with zero attached hydrogens (tertiary/aromatic N) is 3. The first-order chi connectivity index (χ1) is 12.8. The molecule has 6 nitrogen and oxygen atoms in total. The number of benzene rings is 1. The monoisotopic (exact) mass is 368 g/mol. The quantitative estimate of drug-likeness (QED) is 0.901. The Hall–Kier alpha value is -2.63. The van der Waals surface area contributed by atoms with Gasteiger partial charge in [0.1, 0.15) is 6.54 Å². The Kier molecular flexibility index (Phi) is 5.63. The van der Waals surface area contributed by atoms with Gasteiger partial charge in [-0.3, -0.25) is 14.2 Å². The van der Waals surface area contributed by atoms with Crippen molar-refractivity contribution in [2.75, 3.05) is 23.3 Å². The van der Waals surface area contributed by atoms with Crippen LogP contribution < -0.4 is 15.8 Å². The van der Waals surface area contributed by atoms with Crippen LogP contribution in [0.15, 0.2) is 29.1 Å². The van der Waals surface area contributed by atoms with Crippen LogP contribution in [0.2, 0.25) is 0 Å². The molecule has 6 heteroatoms. The fourth-order valence-corrected chi connectivity index (χ4v) is 3.41. The van der Waals surface area contributed by atoms with Crippen LogP contribution in [0.1, 0.15) is 36.6 Å². The molecule has 2 aromatic rings. The van der Waals surface area contributed by atoms with Gasteiger partial charge in [0, 0.05) is 30.5 Å². The van der Waals surface area contributed by atoms with E-state index in [2.05, 4.69) is 22.1 Å². The van der Waals surface area contributed by atoms with Crippen LogP contribution in [-0.4, -0.2) is 28.5 Å². The summed E-state index contributed by atoms with van der Waals surface area (Å²) in [5, 5.41) is 2.93. The number of nitrogens with one attached hydrogen (secondary N) is 1. The predicted octanol–water partition coefficient (Wildman–Crippen LogP) is 3.04. The third-order valence-corrected chi connectivity index (χ3v) is 5.15. The molecule has 0 radical (unpaired) electrons. The number of amides is 1. The molecule has 1 saturated heterocycles. The summed E-state index contributed by atoms with van der Waals surface area (Å²) < 4.78 is 1.49. The average molecular weight is 368 g/mol. The van der Waals surface area contributed by atoms with Gasteiger partial charge >= 0.3 is 0 Å². The number of rotatable bonds is 4. The number of carbonyl (C=O) groups excluding carboxylic acids is 1. The summed E-state index contributed by atoms with van der Waals surface area (Å²) in [5.41, 5.74) is 3.34. The molecule has 0 unspecified atom stereocenters. The van der Waals surface area contributed by atoms with Crippen LogP contribution in [0, 0.1) is 26.7 Å². The SMILES string of the molecule is Cc1ccc(C)c(NC(=O)Cn2c(N3CCC(C)CC3)nc(C)cc2=O)c1. The predicted molar refractivity (Wildman–Crippen MR) is 108 cm³/mol. The average Bonchev–Trinajstić information content (AvgIpc) is 2.61. The maximum atomic E-state index is 12.7. The molecule has 0 bridgehead atoms. The molecule has 1 N–H and O–H groups in total. The summed E-state index contributed by atoms with van der Waals surface area (Å²) >= 11 is 0. The minimum Gasteiger partial charge on any atom is -0.342 e. The largest absolute Gasteiger partial charge is 0.342 e. The summed E-state index contributed by atoms with van der Waals surface area (Å²) in [6, 6.07) is 7.41. The molecule has 3 rings (SSSR count). The van der Waals surface area contributed by atoms with Crippen molar-refractivity contribution < 1.29 is 4.79 Å². The molecule has 1 amide bonds. The van der Waals surface area contributed by atoms with Gasteiger partial charge in [-0.15, -0.1) is 0 Å². The van der Waals surface area contributed by atoms with Crippen molar-refractivity contribution in [2.24, 2.45) is 5.92 Å². The van der Waals surface area contributed by atoms with Gasteiger partial charge in [0.25, 0.3) is 5.56 Å². The Labute approximate surface area is 160 Å². The molecule has 1 fully saturated rings. The Morgan fingerprint density at radius 1 is 1.19 bits per heavy atom. The van der Waals surface area contributed by atoms with Gasteiger partial charge in [0.15, 0.2) is 0 Å². The van der Waals surface area contributed by atoms with E-state index in [1.807, 2.05) is 39.0 Å². The summed E-state index contributed by atoms with van der Waals surface area (Å²) in [4.78, 5) is 32.0. The van der Waals surface area contributed by atoms with E-state index in [1.54, 1.807) is 0 Å². The zero-order valence-corrected chi connectivity index (χ0v) is 16.6. The first kappa shape index (κ1) is 19.1. The Balaban J connectivity index is 1.84. The van der Waals surface area contributed by atoms with Crippen LogP contribution in [0.5, 0.6) is 0 Å². The highest BCUT2D eigenvalue weighted by atomic mass is 16.2. The standard InChI is InChI=1S/C21H28N4O2/c1-14-7-9-24(10-8-14)21-22-17(4)12-20(27)25(21)13-19(26)23-18-11-15(2)5-6-16(18)3/h5-6,11-12,14H,7-10,13H2,1-4H3,(H,23,26). The molecule has 27 heavy (non-hydrogen) atoms. The Bertz CT molecular complexity index is 896. The van der Waals surface area contributed by atoms with E-state index in [9.17, 15) is 9.59 Å². The third-order valence-electron chi connectivity index (χ3n) is 5.15. The molecule has 0 spiro atoms. The van der Waals surface area contributed by atoms with E-state index < -0.39 is 0 Å². The molecule has 1 aromatic heterocycles. The zero-order valence-electron chi connectivity index (χ0n) is 16.6. The second-order valence-corrected chi connectivity index (χ2v) is 7.66. The first-order valence-corrected chi connectivity index (χ1v) is 9.54. The number of piperidine rings is 1. The molecule has 0 saturated carbocycles. The van der Waals surface area contributed by atoms with E-state index in [-0.39, 0.29) is 18.0 Å². The van der Waals surface area contributed by atoms with E-state index in [0.29, 0.717) is 17.6 Å². The van der Waals surface area contributed by atoms with Crippen LogP contribution in [-0.2, 0) is 11.3 Å². The van der Waals surface area contributed by atoms with Gasteiger partial charge in [-0.2, -0.15) is 0 Å². The molecular weight excluding hydrogens is 340 g/mol. The van der Waals surface area contributed by atoms with Gasteiger partial charge < -0.3 is 10.2 Å². The fraction of sp³-hybridized carbons (Fsp3) is 0.476. The Morgan fingerprint density at radius 2 is 1.89 bits per heavy atom. The molecule has 0 atom stereocenters. The van der Waals surface area contributed by atoms with Crippen molar-refractivity contribution >= 4 is 17.5 Å². The van der Waals surface area contributed by atoms with Gasteiger partial charge in [-0.05, 0) is 56.7 Å². The lowest BCUT2D eigenvalue weighted by Gasteiger charge is -2.32. The minimum absolute atomic E-state index is 0.0408. The summed E-state index contributed by atoms with van der Waals surface area (Å²) in [6.07, 6.45) is 2.14. The van der Waals surface area contributed by atoms with Crippen molar-refractivity contribution in [1.29, 1.82) is 0 Å². The van der Waals surface area contributed by atoms with Crippen LogP contribution >= 0.6 is 0 Å². The Morgan fingerprint density at radius 3 is 2.59 bits per heavy atom. The topological polar surface area (TPSA) is 67.2 Å². The maximum Gasteiger partial charge on any atom is 0.255 e. The molecule has 1 aromatic carbocycles. The minimum atomic E-state index is -0.219. The maximum absolute atomic E-state index is 12.7. The smallest absolute Gasteiger partial charge is 0.255 e. The van der Waals surface area contributed by atoms with Gasteiger partial charge in [-0.25, -0.2) is 4.98 Å².